The van der Waals surface area contributed by atoms with Gasteiger partial charge in [-0.3, -0.25) is 62.8 Å². The van der Waals surface area contributed by atoms with Gasteiger partial charge in [0.05, 0.1) is 52.4 Å². The predicted octanol–water partition coefficient (Wildman–Crippen LogP) is -4.92. The molecule has 0 radical (unpaired) electrons. The maximum atomic E-state index is 12.6. The van der Waals surface area contributed by atoms with Gasteiger partial charge in [-0.2, -0.15) is 12.6 Å². The molecule has 0 fully saturated rings. The van der Waals surface area contributed by atoms with E-state index in [0.29, 0.717) is 0 Å². The van der Waals surface area contributed by atoms with Gasteiger partial charge in [-0.1, -0.05) is 0 Å². The van der Waals surface area contributed by atoms with E-state index in [1.807, 2.05) is 0 Å². The highest BCUT2D eigenvalue weighted by molar-refractivity contribution is 7.80. The second-order valence-electron chi connectivity index (χ2n) is 10.8. The van der Waals surface area contributed by atoms with Crippen LogP contribution >= 0.6 is 12.6 Å². The van der Waals surface area contributed by atoms with Gasteiger partial charge in [0.2, 0.25) is 17.7 Å². The number of thiol groups is 1. The highest BCUT2D eigenvalue weighted by Gasteiger charge is 2.21. The molecule has 0 atom stereocenters. The Hall–Kier alpha value is -4.58. The number of amides is 3. The zero-order valence-electron chi connectivity index (χ0n) is 27.3. The van der Waals surface area contributed by atoms with Crippen LogP contribution in [0.5, 0.6) is 0 Å². The standard InChI is InChI=1S/C27H45N7O15S/c35-19(11-30(13-22(38)39)6-8-32(15-24(42)43)16-25(44)45)28-2-4-34(21(37)1-10-50)5-3-29-20(36)12-31(14-23(40)41)7-9-33(17-26(46)47)18-27(48)49/h50H,1-18H2,(H,28,35)(H,29,36)(H,38,39)(H,40,41)(H,42,43)(H,44,45)(H,46,47)(H,48,49). The molecule has 8 N–H and O–H groups in total. The summed E-state index contributed by atoms with van der Waals surface area (Å²) in [5, 5.41) is 59.4. The van der Waals surface area contributed by atoms with E-state index in [1.54, 1.807) is 0 Å². The van der Waals surface area contributed by atoms with E-state index in [1.165, 1.54) is 14.7 Å². The van der Waals surface area contributed by atoms with Gasteiger partial charge in [-0.15, -0.1) is 0 Å². The van der Waals surface area contributed by atoms with Crippen molar-refractivity contribution in [1.82, 2.24) is 35.1 Å². The first-order valence-corrected chi connectivity index (χ1v) is 15.7. The third-order valence-electron chi connectivity index (χ3n) is 6.44. The molecule has 0 heterocycles. The fraction of sp³-hybridized carbons (Fsp3) is 0.667. The molecule has 0 aliphatic heterocycles. The van der Waals surface area contributed by atoms with Crippen molar-refractivity contribution in [3.63, 3.8) is 0 Å². The van der Waals surface area contributed by atoms with Gasteiger partial charge < -0.3 is 46.2 Å². The molecule has 0 aliphatic rings. The van der Waals surface area contributed by atoms with Crippen molar-refractivity contribution in [2.75, 3.05) is 110 Å². The molecule has 0 saturated carbocycles. The molecule has 3 amide bonds. The van der Waals surface area contributed by atoms with Crippen molar-refractivity contribution in [3.8, 4) is 0 Å². The maximum absolute atomic E-state index is 12.6. The molecule has 23 heteroatoms. The average Bonchev–Trinajstić information content (AvgIpc) is 2.96. The molecule has 0 aromatic carbocycles. The fourth-order valence-corrected chi connectivity index (χ4v) is 4.55. The number of aliphatic carboxylic acids is 6. The van der Waals surface area contributed by atoms with Crippen LogP contribution in [0.25, 0.3) is 0 Å². The van der Waals surface area contributed by atoms with Gasteiger partial charge in [0.1, 0.15) is 0 Å². The van der Waals surface area contributed by atoms with Gasteiger partial charge >= 0.3 is 35.8 Å². The second kappa shape index (κ2) is 25.4. The molecule has 0 aliphatic carbocycles. The van der Waals surface area contributed by atoms with E-state index in [9.17, 15) is 53.4 Å². The smallest absolute Gasteiger partial charge is 0.317 e. The molecule has 0 unspecified atom stereocenters. The minimum atomic E-state index is -1.29. The minimum absolute atomic E-state index is 0.0215. The summed E-state index contributed by atoms with van der Waals surface area (Å²) in [7, 11) is 0. The number of carboxylic acid groups (broad SMARTS) is 6. The first kappa shape index (κ1) is 45.4. The summed E-state index contributed by atoms with van der Waals surface area (Å²) < 4.78 is 0. The van der Waals surface area contributed by atoms with Crippen molar-refractivity contribution in [3.05, 3.63) is 0 Å². The Morgan fingerprint density at radius 1 is 0.420 bits per heavy atom. The largest absolute Gasteiger partial charge is 0.480 e. The van der Waals surface area contributed by atoms with E-state index in [0.717, 1.165) is 9.80 Å². The third-order valence-corrected chi connectivity index (χ3v) is 6.66. The van der Waals surface area contributed by atoms with Crippen LogP contribution in [-0.4, -0.2) is 219 Å². The minimum Gasteiger partial charge on any atom is -0.480 e. The molecule has 0 spiro atoms. The molecule has 0 bridgehead atoms. The van der Waals surface area contributed by atoms with Crippen LogP contribution in [-0.2, 0) is 43.2 Å². The van der Waals surface area contributed by atoms with Gasteiger partial charge in [0.25, 0.3) is 0 Å². The van der Waals surface area contributed by atoms with Gasteiger partial charge in [-0.05, 0) is 5.75 Å². The topological polar surface area (TPSA) is 315 Å². The average molecular weight is 740 g/mol. The number of nitrogens with zero attached hydrogens (tertiary/aromatic N) is 5. The summed E-state index contributed by atoms with van der Waals surface area (Å²) in [5.41, 5.74) is 0. The highest BCUT2D eigenvalue weighted by atomic mass is 32.1. The van der Waals surface area contributed by atoms with Crippen molar-refractivity contribution in [2.45, 2.75) is 6.42 Å². The maximum Gasteiger partial charge on any atom is 0.317 e. The summed E-state index contributed by atoms with van der Waals surface area (Å²) in [5.74, 6) is -9.15. The Labute approximate surface area is 292 Å². The van der Waals surface area contributed by atoms with Crippen LogP contribution in [0, 0.1) is 0 Å². The van der Waals surface area contributed by atoms with Crippen molar-refractivity contribution in [2.24, 2.45) is 0 Å². The van der Waals surface area contributed by atoms with E-state index >= 15 is 0 Å². The summed E-state index contributed by atoms with van der Waals surface area (Å²) in [4.78, 5) is 110. The van der Waals surface area contributed by atoms with Crippen LogP contribution < -0.4 is 10.6 Å². The molecule has 0 aromatic heterocycles. The molecule has 0 saturated heterocycles. The predicted molar refractivity (Wildman–Crippen MR) is 173 cm³/mol. The van der Waals surface area contributed by atoms with Crippen LogP contribution in [0.4, 0.5) is 0 Å². The number of hydrogen-bond acceptors (Lipinski definition) is 14. The quantitative estimate of drug-likeness (QED) is 0.0312. The Balaban J connectivity index is 5.13. The molecule has 0 aromatic rings. The molecule has 284 valence electrons. The lowest BCUT2D eigenvalue weighted by Gasteiger charge is -2.26. The summed E-state index contributed by atoms with van der Waals surface area (Å²) in [6.07, 6.45) is 0.0240. The Bertz CT molecular complexity index is 1080. The lowest BCUT2D eigenvalue weighted by Crippen LogP contribution is -2.48. The van der Waals surface area contributed by atoms with E-state index < -0.39 is 100.0 Å². The van der Waals surface area contributed by atoms with Gasteiger partial charge in [0, 0.05) is 58.8 Å². The van der Waals surface area contributed by atoms with E-state index in [4.69, 9.17) is 20.4 Å². The van der Waals surface area contributed by atoms with Crippen LogP contribution in [0.3, 0.4) is 0 Å². The monoisotopic (exact) mass is 739 g/mol. The van der Waals surface area contributed by atoms with Gasteiger partial charge in [-0.25, -0.2) is 0 Å². The molecular weight excluding hydrogens is 694 g/mol. The number of hydrogen-bond donors (Lipinski definition) is 9. The SMILES string of the molecule is O=C(O)CN(CCN(CC(=O)O)CC(=O)NCCN(CCNC(=O)CN(CCN(CC(=O)O)CC(=O)O)CC(=O)O)C(=O)CCS)CC(=O)O. The number of carboxylic acids is 6. The second-order valence-corrected chi connectivity index (χ2v) is 11.2. The Morgan fingerprint density at radius 2 is 0.680 bits per heavy atom. The van der Waals surface area contributed by atoms with Crippen molar-refractivity contribution < 1.29 is 73.8 Å². The fourth-order valence-electron chi connectivity index (χ4n) is 4.36. The molecular formula is C27H45N7O15S. The number of carbonyl (C=O) groups is 9. The normalized spacial score (nSPS) is 11.1. The van der Waals surface area contributed by atoms with Crippen LogP contribution in [0.15, 0.2) is 0 Å². The van der Waals surface area contributed by atoms with Crippen molar-refractivity contribution >= 4 is 66.2 Å². The van der Waals surface area contributed by atoms with Crippen molar-refractivity contribution in [1.29, 1.82) is 0 Å². The van der Waals surface area contributed by atoms with E-state index in [-0.39, 0.29) is 70.4 Å². The number of carbonyl (C=O) groups excluding carboxylic acids is 3. The van der Waals surface area contributed by atoms with Crippen LogP contribution in [0.1, 0.15) is 6.42 Å². The first-order chi connectivity index (χ1) is 23.4. The molecule has 0 rings (SSSR count). The highest BCUT2D eigenvalue weighted by Crippen LogP contribution is 1.98. The number of rotatable bonds is 30. The number of nitrogens with one attached hydrogen (secondary N) is 2. The Kier molecular flexibility index (Phi) is 23.1. The Morgan fingerprint density at radius 3 is 0.920 bits per heavy atom. The lowest BCUT2D eigenvalue weighted by atomic mass is 10.3. The molecule has 50 heavy (non-hydrogen) atoms. The van der Waals surface area contributed by atoms with Gasteiger partial charge in [0.15, 0.2) is 0 Å². The summed E-state index contributed by atoms with van der Waals surface area (Å²) >= 11 is 4.04. The zero-order valence-corrected chi connectivity index (χ0v) is 28.2. The molecule has 22 nitrogen and oxygen atoms in total. The zero-order chi connectivity index (χ0) is 38.2. The first-order valence-electron chi connectivity index (χ1n) is 15.0. The van der Waals surface area contributed by atoms with E-state index in [2.05, 4.69) is 23.3 Å². The third kappa shape index (κ3) is 24.5. The van der Waals surface area contributed by atoms with Crippen LogP contribution in [0.2, 0.25) is 0 Å². The summed E-state index contributed by atoms with van der Waals surface area (Å²) in [6.45, 7) is -5.29. The summed E-state index contributed by atoms with van der Waals surface area (Å²) in [6, 6.07) is 0. The lowest BCUT2D eigenvalue weighted by molar-refractivity contribution is -0.144.